The molecule has 0 aliphatic carbocycles. The van der Waals surface area contributed by atoms with E-state index < -0.39 is 5.82 Å². The first-order valence-corrected chi connectivity index (χ1v) is 5.04. The normalized spacial score (nSPS) is 10.2. The molecule has 1 rings (SSSR count). The van der Waals surface area contributed by atoms with Gasteiger partial charge in [0.05, 0.1) is 11.6 Å². The van der Waals surface area contributed by atoms with Crippen LogP contribution in [-0.2, 0) is 9.53 Å². The lowest BCUT2D eigenvalue weighted by Crippen LogP contribution is -2.20. The van der Waals surface area contributed by atoms with Crippen LogP contribution >= 0.6 is 11.6 Å². The van der Waals surface area contributed by atoms with Gasteiger partial charge in [-0.15, -0.1) is 0 Å². The Bertz CT molecular complexity index is 374. The molecule has 0 radical (unpaired) electrons. The lowest BCUT2D eigenvalue weighted by molar-refractivity contribution is -0.120. The van der Waals surface area contributed by atoms with Gasteiger partial charge < -0.3 is 15.8 Å². The van der Waals surface area contributed by atoms with E-state index in [4.69, 9.17) is 22.1 Å². The summed E-state index contributed by atoms with van der Waals surface area (Å²) in [5, 5.41) is 2.47. The van der Waals surface area contributed by atoms with Gasteiger partial charge in [0.1, 0.15) is 12.4 Å². The van der Waals surface area contributed by atoms with Crippen LogP contribution in [0, 0.1) is 5.82 Å². The number of carbonyl (C=O) groups excluding carboxylic acids is 1. The predicted molar refractivity (Wildman–Crippen MR) is 59.9 cm³/mol. The van der Waals surface area contributed by atoms with E-state index in [0.29, 0.717) is 18.8 Å². The summed E-state index contributed by atoms with van der Waals surface area (Å²) < 4.78 is 17.7. The van der Waals surface area contributed by atoms with Crippen LogP contribution in [0.4, 0.5) is 10.1 Å². The van der Waals surface area contributed by atoms with Crippen molar-refractivity contribution in [1.82, 2.24) is 0 Å². The molecule has 0 atom stereocenters. The highest BCUT2D eigenvalue weighted by molar-refractivity contribution is 6.31. The summed E-state index contributed by atoms with van der Waals surface area (Å²) in [5.74, 6) is -0.866. The molecule has 0 fully saturated rings. The highest BCUT2D eigenvalue weighted by atomic mass is 35.5. The van der Waals surface area contributed by atoms with Crippen molar-refractivity contribution < 1.29 is 13.9 Å². The lowest BCUT2D eigenvalue weighted by atomic mass is 10.3. The largest absolute Gasteiger partial charge is 0.370 e. The molecule has 0 saturated heterocycles. The molecular formula is C10H12ClFN2O2. The number of nitrogens with two attached hydrogens (primary N) is 1. The molecule has 0 spiro atoms. The number of amides is 1. The predicted octanol–water partition coefficient (Wildman–Crippen LogP) is 1.39. The number of halogens is 2. The van der Waals surface area contributed by atoms with Crippen molar-refractivity contribution in [2.45, 2.75) is 0 Å². The standard InChI is InChI=1S/C10H12ClFN2O2/c11-8-5-7(1-2-9(8)12)14-10(15)6-16-4-3-13/h1-2,5H,3-4,6,13H2,(H,14,15). The van der Waals surface area contributed by atoms with E-state index in [1.165, 1.54) is 18.2 Å². The van der Waals surface area contributed by atoms with Gasteiger partial charge in [0, 0.05) is 12.2 Å². The Morgan fingerprint density at radius 2 is 2.31 bits per heavy atom. The molecule has 16 heavy (non-hydrogen) atoms. The van der Waals surface area contributed by atoms with Crippen molar-refractivity contribution in [2.24, 2.45) is 5.73 Å². The molecule has 4 nitrogen and oxygen atoms in total. The highest BCUT2D eigenvalue weighted by Gasteiger charge is 2.04. The van der Waals surface area contributed by atoms with E-state index in [0.717, 1.165) is 0 Å². The minimum absolute atomic E-state index is 0.0410. The van der Waals surface area contributed by atoms with Crippen LogP contribution < -0.4 is 11.1 Å². The first-order valence-electron chi connectivity index (χ1n) is 4.66. The van der Waals surface area contributed by atoms with Crippen molar-refractivity contribution in [3.8, 4) is 0 Å². The van der Waals surface area contributed by atoms with Gasteiger partial charge in [-0.1, -0.05) is 11.6 Å². The van der Waals surface area contributed by atoms with E-state index in [1.54, 1.807) is 0 Å². The number of nitrogens with one attached hydrogen (secondary N) is 1. The Morgan fingerprint density at radius 3 is 2.94 bits per heavy atom. The maximum Gasteiger partial charge on any atom is 0.250 e. The fourth-order valence-corrected chi connectivity index (χ4v) is 1.20. The average Bonchev–Trinajstić information content (AvgIpc) is 2.24. The Labute approximate surface area is 97.5 Å². The summed E-state index contributed by atoms with van der Waals surface area (Å²) in [6, 6.07) is 3.93. The van der Waals surface area contributed by atoms with Crippen LogP contribution in [0.2, 0.25) is 5.02 Å². The number of carbonyl (C=O) groups is 1. The molecule has 6 heteroatoms. The van der Waals surface area contributed by atoms with Gasteiger partial charge in [0.25, 0.3) is 0 Å². The molecule has 1 aromatic rings. The van der Waals surface area contributed by atoms with Gasteiger partial charge in [0.2, 0.25) is 5.91 Å². The molecule has 3 N–H and O–H groups in total. The number of hydrogen-bond donors (Lipinski definition) is 2. The summed E-state index contributed by atoms with van der Waals surface area (Å²) in [6.07, 6.45) is 0. The first kappa shape index (κ1) is 12.9. The third-order valence-corrected chi connectivity index (χ3v) is 1.99. The van der Waals surface area contributed by atoms with E-state index in [1.807, 2.05) is 0 Å². The molecular weight excluding hydrogens is 235 g/mol. The van der Waals surface area contributed by atoms with E-state index >= 15 is 0 Å². The van der Waals surface area contributed by atoms with Crippen molar-refractivity contribution in [1.29, 1.82) is 0 Å². The minimum Gasteiger partial charge on any atom is -0.370 e. The zero-order valence-corrected chi connectivity index (χ0v) is 9.26. The van der Waals surface area contributed by atoms with Crippen LogP contribution in [0.1, 0.15) is 0 Å². The molecule has 0 bridgehead atoms. The summed E-state index contributed by atoms with van der Waals surface area (Å²) in [5.41, 5.74) is 5.61. The average molecular weight is 247 g/mol. The SMILES string of the molecule is NCCOCC(=O)Nc1ccc(F)c(Cl)c1. The zero-order valence-electron chi connectivity index (χ0n) is 8.50. The van der Waals surface area contributed by atoms with Crippen LogP contribution in [-0.4, -0.2) is 25.7 Å². The summed E-state index contributed by atoms with van der Waals surface area (Å²) >= 11 is 5.55. The number of hydrogen-bond acceptors (Lipinski definition) is 3. The number of rotatable bonds is 5. The molecule has 0 heterocycles. The Kier molecular flexibility index (Phi) is 5.18. The summed E-state index contributed by atoms with van der Waals surface area (Å²) in [4.78, 5) is 11.3. The van der Waals surface area contributed by atoms with Gasteiger partial charge in [-0.2, -0.15) is 0 Å². The van der Waals surface area contributed by atoms with Gasteiger partial charge >= 0.3 is 0 Å². The van der Waals surface area contributed by atoms with Crippen molar-refractivity contribution in [2.75, 3.05) is 25.1 Å². The first-order chi connectivity index (χ1) is 7.63. The van der Waals surface area contributed by atoms with E-state index in [-0.39, 0.29) is 17.5 Å². The van der Waals surface area contributed by atoms with Gasteiger partial charge in [0.15, 0.2) is 0 Å². The number of ether oxygens (including phenoxy) is 1. The van der Waals surface area contributed by atoms with Gasteiger partial charge in [-0.25, -0.2) is 4.39 Å². The smallest absolute Gasteiger partial charge is 0.250 e. The Morgan fingerprint density at radius 1 is 1.56 bits per heavy atom. The molecule has 1 aromatic carbocycles. The molecule has 0 aromatic heterocycles. The molecule has 88 valence electrons. The minimum atomic E-state index is -0.529. The number of anilines is 1. The second-order valence-electron chi connectivity index (χ2n) is 3.02. The fraction of sp³-hybridized carbons (Fsp3) is 0.300. The fourth-order valence-electron chi connectivity index (χ4n) is 1.02. The van der Waals surface area contributed by atoms with Crippen LogP contribution in [0.3, 0.4) is 0 Å². The van der Waals surface area contributed by atoms with Gasteiger partial charge in [-0.3, -0.25) is 4.79 Å². The Balaban J connectivity index is 2.46. The molecule has 0 unspecified atom stereocenters. The van der Waals surface area contributed by atoms with E-state index in [2.05, 4.69) is 5.32 Å². The molecule has 0 aliphatic heterocycles. The Hall–Kier alpha value is -1.17. The highest BCUT2D eigenvalue weighted by Crippen LogP contribution is 2.19. The monoisotopic (exact) mass is 246 g/mol. The maximum absolute atomic E-state index is 12.8. The third-order valence-electron chi connectivity index (χ3n) is 1.70. The maximum atomic E-state index is 12.8. The third kappa shape index (κ3) is 4.14. The molecule has 1 amide bonds. The van der Waals surface area contributed by atoms with Crippen LogP contribution in [0.5, 0.6) is 0 Å². The van der Waals surface area contributed by atoms with Gasteiger partial charge in [-0.05, 0) is 18.2 Å². The molecule has 0 aliphatic rings. The quantitative estimate of drug-likeness (QED) is 0.772. The summed E-state index contributed by atoms with van der Waals surface area (Å²) in [6.45, 7) is 0.583. The topological polar surface area (TPSA) is 64.3 Å². The number of benzene rings is 1. The van der Waals surface area contributed by atoms with E-state index in [9.17, 15) is 9.18 Å². The molecule has 0 saturated carbocycles. The summed E-state index contributed by atoms with van der Waals surface area (Å²) in [7, 11) is 0. The van der Waals surface area contributed by atoms with Crippen molar-refractivity contribution >= 4 is 23.2 Å². The lowest BCUT2D eigenvalue weighted by Gasteiger charge is -2.06. The van der Waals surface area contributed by atoms with Crippen molar-refractivity contribution in [3.05, 3.63) is 29.0 Å². The van der Waals surface area contributed by atoms with Crippen LogP contribution in [0.25, 0.3) is 0 Å². The zero-order chi connectivity index (χ0) is 12.0. The second-order valence-corrected chi connectivity index (χ2v) is 3.43. The van der Waals surface area contributed by atoms with Crippen LogP contribution in [0.15, 0.2) is 18.2 Å². The van der Waals surface area contributed by atoms with Crippen molar-refractivity contribution in [3.63, 3.8) is 0 Å². The second kappa shape index (κ2) is 6.42.